The largest absolute Gasteiger partial charge is 0.486 e. The minimum atomic E-state index is -5.16. The second-order valence-electron chi connectivity index (χ2n) is 5.20. The average molecular weight is 501 g/mol. The third-order valence-electron chi connectivity index (χ3n) is 3.14. The molecule has 0 N–H and O–H groups in total. The molecule has 29 heavy (non-hydrogen) atoms. The normalized spacial score (nSPS) is 11.9. The Morgan fingerprint density at radius 3 is 2.03 bits per heavy atom. The summed E-state index contributed by atoms with van der Waals surface area (Å²) in [5, 5.41) is -0.292. The Labute approximate surface area is 179 Å². The van der Waals surface area contributed by atoms with Gasteiger partial charge in [0.1, 0.15) is 22.4 Å². The lowest BCUT2D eigenvalue weighted by atomic mass is 10.2. The van der Waals surface area contributed by atoms with Gasteiger partial charge in [0.15, 0.2) is 5.75 Å². The highest BCUT2D eigenvalue weighted by molar-refractivity contribution is 6.55. The monoisotopic (exact) mass is 499 g/mol. The lowest BCUT2D eigenvalue weighted by Gasteiger charge is -2.16. The van der Waals surface area contributed by atoms with Crippen LogP contribution in [0.1, 0.15) is 11.1 Å². The van der Waals surface area contributed by atoms with Crippen molar-refractivity contribution in [2.24, 2.45) is 0 Å². The summed E-state index contributed by atoms with van der Waals surface area (Å²) in [7, 11) is 0. The first-order chi connectivity index (χ1) is 13.3. The van der Waals surface area contributed by atoms with Crippen LogP contribution in [0.5, 0.6) is 17.4 Å². The van der Waals surface area contributed by atoms with Gasteiger partial charge in [0.25, 0.3) is 0 Å². The van der Waals surface area contributed by atoms with Gasteiger partial charge in [0.05, 0.1) is 15.6 Å². The number of ether oxygens (including phenoxy) is 2. The van der Waals surface area contributed by atoms with Crippen LogP contribution < -0.4 is 9.47 Å². The maximum absolute atomic E-state index is 13.2. The van der Waals surface area contributed by atoms with E-state index in [9.17, 15) is 26.3 Å². The van der Waals surface area contributed by atoms with Crippen molar-refractivity contribution in [2.75, 3.05) is 6.61 Å². The van der Waals surface area contributed by atoms with Gasteiger partial charge in [-0.1, -0.05) is 46.4 Å². The topological polar surface area (TPSA) is 31.4 Å². The van der Waals surface area contributed by atoms with Gasteiger partial charge in [-0.2, -0.15) is 26.3 Å². The first kappa shape index (κ1) is 23.7. The zero-order valence-corrected chi connectivity index (χ0v) is 16.7. The van der Waals surface area contributed by atoms with Crippen LogP contribution in [0.4, 0.5) is 26.3 Å². The lowest BCUT2D eigenvalue weighted by Crippen LogP contribution is -2.13. The van der Waals surface area contributed by atoms with Crippen molar-refractivity contribution in [1.29, 1.82) is 0 Å². The summed E-state index contributed by atoms with van der Waals surface area (Å²) in [6.07, 6.45) is -8.68. The molecule has 1 aromatic carbocycles. The fourth-order valence-corrected chi connectivity index (χ4v) is 2.63. The van der Waals surface area contributed by atoms with E-state index in [-0.39, 0.29) is 44.9 Å². The van der Waals surface area contributed by atoms with Crippen LogP contribution in [0.15, 0.2) is 35.0 Å². The molecule has 0 unspecified atom stereocenters. The molecule has 2 rings (SSSR count). The van der Waals surface area contributed by atoms with Gasteiger partial charge < -0.3 is 9.47 Å². The van der Waals surface area contributed by atoms with Crippen LogP contribution in [-0.2, 0) is 12.4 Å². The Bertz CT molecular complexity index is 904. The highest BCUT2D eigenvalue weighted by Gasteiger charge is 2.40. The molecule has 0 amide bonds. The number of rotatable bonds is 5. The molecule has 1 aromatic heterocycles. The molecule has 1 heterocycles. The maximum Gasteiger partial charge on any atom is 0.421 e. The molecular formula is C16H7Cl4F6NO2. The van der Waals surface area contributed by atoms with Crippen LogP contribution in [-0.4, -0.2) is 11.6 Å². The molecule has 0 spiro atoms. The maximum atomic E-state index is 13.2. The highest BCUT2D eigenvalue weighted by atomic mass is 35.5. The number of hydrogen-bond acceptors (Lipinski definition) is 3. The lowest BCUT2D eigenvalue weighted by molar-refractivity contribution is -0.144. The smallest absolute Gasteiger partial charge is 0.421 e. The standard InChI is InChI=1S/C16H7Cl4F6NO2/c17-10-4-8(5-11(18)13(10)28-2-1-12(19)20)29-14-9(16(24,25)26)3-7(6-27-14)15(21,22)23/h1,3-6H,2H2. The van der Waals surface area contributed by atoms with E-state index in [0.29, 0.717) is 0 Å². The number of aromatic nitrogens is 1. The van der Waals surface area contributed by atoms with E-state index in [4.69, 9.17) is 55.9 Å². The molecule has 0 saturated heterocycles. The summed E-state index contributed by atoms with van der Waals surface area (Å²) >= 11 is 22.8. The first-order valence-corrected chi connectivity index (χ1v) is 8.75. The van der Waals surface area contributed by atoms with Gasteiger partial charge in [0, 0.05) is 18.3 Å². The van der Waals surface area contributed by atoms with E-state index in [1.807, 2.05) is 0 Å². The molecule has 158 valence electrons. The summed E-state index contributed by atoms with van der Waals surface area (Å²) in [5.74, 6) is -1.46. The van der Waals surface area contributed by atoms with E-state index in [1.165, 1.54) is 6.08 Å². The summed E-state index contributed by atoms with van der Waals surface area (Å²) < 4.78 is 87.7. The van der Waals surface area contributed by atoms with Crippen LogP contribution in [0.2, 0.25) is 10.0 Å². The van der Waals surface area contributed by atoms with Crippen LogP contribution in [0.25, 0.3) is 0 Å². The molecule has 0 radical (unpaired) electrons. The molecule has 0 atom stereocenters. The van der Waals surface area contributed by atoms with Crippen molar-refractivity contribution in [3.8, 4) is 17.4 Å². The molecule has 0 saturated carbocycles. The predicted octanol–water partition coefficient (Wildman–Crippen LogP) is 7.92. The van der Waals surface area contributed by atoms with E-state index >= 15 is 0 Å². The number of alkyl halides is 6. The van der Waals surface area contributed by atoms with Gasteiger partial charge in [-0.05, 0) is 12.1 Å². The molecule has 0 aliphatic heterocycles. The van der Waals surface area contributed by atoms with Crippen molar-refractivity contribution < 1.29 is 35.8 Å². The summed E-state index contributed by atoms with van der Waals surface area (Å²) in [4.78, 5) is 3.14. The zero-order valence-electron chi connectivity index (χ0n) is 13.6. The third kappa shape index (κ3) is 6.47. The van der Waals surface area contributed by atoms with Crippen molar-refractivity contribution in [2.45, 2.75) is 12.4 Å². The number of benzene rings is 1. The summed E-state index contributed by atoms with van der Waals surface area (Å²) in [6, 6.07) is 1.99. The fraction of sp³-hybridized carbons (Fsp3) is 0.188. The summed E-state index contributed by atoms with van der Waals surface area (Å²) in [6.45, 7) is -0.110. The number of hydrogen-bond donors (Lipinski definition) is 0. The fourth-order valence-electron chi connectivity index (χ4n) is 1.92. The Morgan fingerprint density at radius 1 is 0.966 bits per heavy atom. The molecule has 2 aromatic rings. The van der Waals surface area contributed by atoms with Crippen molar-refractivity contribution >= 4 is 46.4 Å². The number of pyridine rings is 1. The molecule has 0 bridgehead atoms. The molecular weight excluding hydrogens is 494 g/mol. The molecule has 13 heteroatoms. The second kappa shape index (κ2) is 9.07. The zero-order chi connectivity index (χ0) is 22.0. The molecule has 3 nitrogen and oxygen atoms in total. The van der Waals surface area contributed by atoms with Crippen molar-refractivity contribution in [3.05, 3.63) is 56.1 Å². The van der Waals surface area contributed by atoms with Crippen molar-refractivity contribution in [3.63, 3.8) is 0 Å². The van der Waals surface area contributed by atoms with Crippen LogP contribution in [0.3, 0.4) is 0 Å². The number of nitrogens with zero attached hydrogens (tertiary/aromatic N) is 1. The van der Waals surface area contributed by atoms with Gasteiger partial charge in [0.2, 0.25) is 5.88 Å². The van der Waals surface area contributed by atoms with Crippen LogP contribution in [0, 0.1) is 0 Å². The second-order valence-corrected chi connectivity index (χ2v) is 7.02. The van der Waals surface area contributed by atoms with Crippen molar-refractivity contribution in [1.82, 2.24) is 4.98 Å². The predicted molar refractivity (Wildman–Crippen MR) is 96.1 cm³/mol. The number of halogens is 10. The van der Waals surface area contributed by atoms with Gasteiger partial charge in [-0.3, -0.25) is 0 Å². The minimum Gasteiger partial charge on any atom is -0.486 e. The highest BCUT2D eigenvalue weighted by Crippen LogP contribution is 2.42. The van der Waals surface area contributed by atoms with Crippen LogP contribution >= 0.6 is 46.4 Å². The van der Waals surface area contributed by atoms with E-state index in [1.54, 1.807) is 0 Å². The van der Waals surface area contributed by atoms with E-state index in [0.717, 1.165) is 12.1 Å². The quantitative estimate of drug-likeness (QED) is 0.391. The van der Waals surface area contributed by atoms with E-state index < -0.39 is 29.4 Å². The minimum absolute atomic E-state index is 0.0389. The molecule has 0 aliphatic rings. The Kier molecular flexibility index (Phi) is 7.42. The first-order valence-electron chi connectivity index (χ1n) is 7.24. The molecule has 0 fully saturated rings. The van der Waals surface area contributed by atoms with Gasteiger partial charge >= 0.3 is 12.4 Å². The Hall–Kier alpha value is -1.55. The summed E-state index contributed by atoms with van der Waals surface area (Å²) in [5.41, 5.74) is -3.30. The third-order valence-corrected chi connectivity index (χ3v) is 4.01. The van der Waals surface area contributed by atoms with Gasteiger partial charge in [-0.15, -0.1) is 0 Å². The SMILES string of the molecule is FC(F)(F)c1cnc(Oc2cc(Cl)c(OCC=C(Cl)Cl)c(Cl)c2)c(C(F)(F)F)c1. The Balaban J connectivity index is 2.37. The van der Waals surface area contributed by atoms with Gasteiger partial charge in [-0.25, -0.2) is 4.98 Å². The Morgan fingerprint density at radius 2 is 1.55 bits per heavy atom. The molecule has 0 aliphatic carbocycles. The van der Waals surface area contributed by atoms with E-state index in [2.05, 4.69) is 4.98 Å². The average Bonchev–Trinajstić information content (AvgIpc) is 2.55.